The molecular formula is C21H19N5O4S. The molecule has 0 fully saturated rings. The summed E-state index contributed by atoms with van der Waals surface area (Å²) in [5, 5.41) is 6.86. The molecule has 2 aromatic heterocycles. The maximum absolute atomic E-state index is 13.1. The van der Waals surface area contributed by atoms with E-state index in [1.807, 2.05) is 0 Å². The zero-order chi connectivity index (χ0) is 22.0. The maximum Gasteiger partial charge on any atom is 0.264 e. The molecule has 2 aromatic carbocycles. The number of hydrogen-bond acceptors (Lipinski definition) is 6. The predicted molar refractivity (Wildman–Crippen MR) is 116 cm³/mol. The van der Waals surface area contributed by atoms with Crippen LogP contribution in [0, 0.1) is 0 Å². The van der Waals surface area contributed by atoms with Gasteiger partial charge in [-0.3, -0.25) is 9.10 Å². The molecule has 0 unspecified atom stereocenters. The Morgan fingerprint density at radius 1 is 1.06 bits per heavy atom. The number of amides is 1. The highest BCUT2D eigenvalue weighted by Crippen LogP contribution is 2.25. The number of carbonyl (C=O) groups is 1. The highest BCUT2D eigenvalue weighted by atomic mass is 32.2. The summed E-state index contributed by atoms with van der Waals surface area (Å²) in [6, 6.07) is 15.8. The standard InChI is InChI=1S/C21H19N5O4S/c1-25(16-6-8-17(30-2)9-7-16)31(28,29)18-5-3-4-15(14-18)21(27)24-20-10-12-22-19-11-13-23-26(19)20/h3-14H,1-2H3,(H,24,27). The van der Waals surface area contributed by atoms with E-state index in [2.05, 4.69) is 15.4 Å². The van der Waals surface area contributed by atoms with E-state index in [9.17, 15) is 13.2 Å². The number of fused-ring (bicyclic) bond motifs is 1. The summed E-state index contributed by atoms with van der Waals surface area (Å²) in [6.45, 7) is 0. The van der Waals surface area contributed by atoms with Crippen LogP contribution in [-0.4, -0.2) is 43.1 Å². The Bertz CT molecular complexity index is 1350. The number of anilines is 2. The molecule has 158 valence electrons. The van der Waals surface area contributed by atoms with Crippen molar-refractivity contribution in [3.05, 3.63) is 78.6 Å². The first-order chi connectivity index (χ1) is 14.9. The molecule has 0 atom stereocenters. The second-order valence-electron chi connectivity index (χ2n) is 6.58. The van der Waals surface area contributed by atoms with Gasteiger partial charge in [-0.25, -0.2) is 13.4 Å². The molecule has 31 heavy (non-hydrogen) atoms. The van der Waals surface area contributed by atoms with Crippen molar-refractivity contribution < 1.29 is 17.9 Å². The highest BCUT2D eigenvalue weighted by molar-refractivity contribution is 7.92. The summed E-state index contributed by atoms with van der Waals surface area (Å²) in [6.07, 6.45) is 3.12. The number of carbonyl (C=O) groups excluding carboxylic acids is 1. The molecule has 0 radical (unpaired) electrons. The van der Waals surface area contributed by atoms with Gasteiger partial charge < -0.3 is 10.1 Å². The van der Waals surface area contributed by atoms with Gasteiger partial charge in [-0.15, -0.1) is 0 Å². The summed E-state index contributed by atoms with van der Waals surface area (Å²) in [5.41, 5.74) is 1.24. The third-order valence-corrected chi connectivity index (χ3v) is 6.50. The quantitative estimate of drug-likeness (QED) is 0.497. The fraction of sp³-hybridized carbons (Fsp3) is 0.0952. The fourth-order valence-electron chi connectivity index (χ4n) is 3.00. The third-order valence-electron chi connectivity index (χ3n) is 4.72. The van der Waals surface area contributed by atoms with Gasteiger partial charge in [0.05, 0.1) is 23.9 Å². The van der Waals surface area contributed by atoms with Crippen molar-refractivity contribution in [3.63, 3.8) is 0 Å². The number of hydrogen-bond donors (Lipinski definition) is 1. The van der Waals surface area contributed by atoms with Crippen LogP contribution in [0.1, 0.15) is 10.4 Å². The maximum atomic E-state index is 13.1. The number of nitrogens with one attached hydrogen (secondary N) is 1. The Hall–Kier alpha value is -3.92. The lowest BCUT2D eigenvalue weighted by molar-refractivity contribution is 0.102. The fourth-order valence-corrected chi connectivity index (χ4v) is 4.25. The van der Waals surface area contributed by atoms with Crippen LogP contribution in [0.3, 0.4) is 0 Å². The molecule has 2 heterocycles. The van der Waals surface area contributed by atoms with Gasteiger partial charge in [0, 0.05) is 24.9 Å². The monoisotopic (exact) mass is 437 g/mol. The van der Waals surface area contributed by atoms with E-state index >= 15 is 0 Å². The van der Waals surface area contributed by atoms with Crippen LogP contribution >= 0.6 is 0 Å². The van der Waals surface area contributed by atoms with Gasteiger partial charge in [-0.05, 0) is 48.5 Å². The minimum atomic E-state index is -3.88. The topological polar surface area (TPSA) is 106 Å². The average Bonchev–Trinajstić information content (AvgIpc) is 3.28. The van der Waals surface area contributed by atoms with Gasteiger partial charge in [0.1, 0.15) is 11.6 Å². The number of benzene rings is 2. The van der Waals surface area contributed by atoms with Gasteiger partial charge in [0.15, 0.2) is 5.65 Å². The average molecular weight is 437 g/mol. The van der Waals surface area contributed by atoms with Gasteiger partial charge in [0.2, 0.25) is 0 Å². The number of sulfonamides is 1. The second kappa shape index (κ2) is 8.07. The molecule has 0 bridgehead atoms. The molecule has 4 aromatic rings. The smallest absolute Gasteiger partial charge is 0.264 e. The van der Waals surface area contributed by atoms with Crippen LogP contribution in [-0.2, 0) is 10.0 Å². The Kier molecular flexibility index (Phi) is 5.30. The number of ether oxygens (including phenoxy) is 1. The van der Waals surface area contributed by atoms with Crippen molar-refractivity contribution in [2.75, 3.05) is 23.8 Å². The lowest BCUT2D eigenvalue weighted by Crippen LogP contribution is -2.27. The van der Waals surface area contributed by atoms with E-state index in [0.29, 0.717) is 22.9 Å². The van der Waals surface area contributed by atoms with Gasteiger partial charge in [-0.1, -0.05) is 6.07 Å². The van der Waals surface area contributed by atoms with Crippen molar-refractivity contribution >= 4 is 33.1 Å². The van der Waals surface area contributed by atoms with E-state index in [4.69, 9.17) is 4.74 Å². The first kappa shape index (κ1) is 20.4. The van der Waals surface area contributed by atoms with Gasteiger partial charge >= 0.3 is 0 Å². The zero-order valence-electron chi connectivity index (χ0n) is 16.8. The number of methoxy groups -OCH3 is 1. The predicted octanol–water partition coefficient (Wildman–Crippen LogP) is 2.82. The second-order valence-corrected chi connectivity index (χ2v) is 8.55. The van der Waals surface area contributed by atoms with Crippen molar-refractivity contribution in [2.45, 2.75) is 4.90 Å². The summed E-state index contributed by atoms with van der Waals surface area (Å²) in [7, 11) is -0.891. The van der Waals surface area contributed by atoms with Crippen LogP contribution in [0.25, 0.3) is 5.65 Å². The zero-order valence-corrected chi connectivity index (χ0v) is 17.6. The van der Waals surface area contributed by atoms with Gasteiger partial charge in [0.25, 0.3) is 15.9 Å². The largest absolute Gasteiger partial charge is 0.497 e. The highest BCUT2D eigenvalue weighted by Gasteiger charge is 2.23. The summed E-state index contributed by atoms with van der Waals surface area (Å²) in [4.78, 5) is 16.9. The number of nitrogens with zero attached hydrogens (tertiary/aromatic N) is 4. The molecule has 4 rings (SSSR count). The molecule has 9 nitrogen and oxygen atoms in total. The first-order valence-corrected chi connectivity index (χ1v) is 10.7. The molecule has 0 aliphatic heterocycles. The van der Waals surface area contributed by atoms with Gasteiger partial charge in [-0.2, -0.15) is 9.61 Å². The Labute approximate surface area is 179 Å². The third kappa shape index (κ3) is 3.92. The van der Waals surface area contributed by atoms with Crippen LogP contribution in [0.2, 0.25) is 0 Å². The van der Waals surface area contributed by atoms with E-state index in [1.165, 1.54) is 36.9 Å². The van der Waals surface area contributed by atoms with Crippen molar-refractivity contribution in [2.24, 2.45) is 0 Å². The Morgan fingerprint density at radius 3 is 2.58 bits per heavy atom. The Morgan fingerprint density at radius 2 is 1.84 bits per heavy atom. The van der Waals surface area contributed by atoms with Crippen LogP contribution in [0.15, 0.2) is 78.0 Å². The van der Waals surface area contributed by atoms with Crippen LogP contribution < -0.4 is 14.4 Å². The SMILES string of the molecule is COc1ccc(N(C)S(=O)(=O)c2cccc(C(=O)Nc3ccnc4ccnn34)c2)cc1. The molecule has 0 spiro atoms. The van der Waals surface area contributed by atoms with Crippen molar-refractivity contribution in [3.8, 4) is 5.75 Å². The van der Waals surface area contributed by atoms with E-state index in [1.54, 1.807) is 54.9 Å². The lowest BCUT2D eigenvalue weighted by atomic mass is 10.2. The number of rotatable bonds is 6. The molecular weight excluding hydrogens is 418 g/mol. The summed E-state index contributed by atoms with van der Waals surface area (Å²) >= 11 is 0. The first-order valence-electron chi connectivity index (χ1n) is 9.23. The summed E-state index contributed by atoms with van der Waals surface area (Å²) < 4.78 is 33.9. The molecule has 0 aliphatic carbocycles. The molecule has 10 heteroatoms. The Balaban J connectivity index is 1.60. The van der Waals surface area contributed by atoms with Crippen LogP contribution in [0.4, 0.5) is 11.5 Å². The molecule has 1 amide bonds. The van der Waals surface area contributed by atoms with E-state index in [0.717, 1.165) is 4.31 Å². The number of aromatic nitrogens is 3. The normalized spacial score (nSPS) is 11.3. The summed E-state index contributed by atoms with van der Waals surface area (Å²) in [5.74, 6) is 0.575. The van der Waals surface area contributed by atoms with Crippen LogP contribution in [0.5, 0.6) is 5.75 Å². The molecule has 0 saturated heterocycles. The molecule has 1 N–H and O–H groups in total. The minimum absolute atomic E-state index is 0.00238. The lowest BCUT2D eigenvalue weighted by Gasteiger charge is -2.20. The molecule has 0 aliphatic rings. The van der Waals surface area contributed by atoms with E-state index < -0.39 is 15.9 Å². The molecule has 0 saturated carbocycles. The minimum Gasteiger partial charge on any atom is -0.497 e. The van der Waals surface area contributed by atoms with E-state index in [-0.39, 0.29) is 10.5 Å². The van der Waals surface area contributed by atoms with Crippen molar-refractivity contribution in [1.29, 1.82) is 0 Å². The van der Waals surface area contributed by atoms with Crippen molar-refractivity contribution in [1.82, 2.24) is 14.6 Å².